The molecule has 1 aromatic carbocycles. The van der Waals surface area contributed by atoms with Gasteiger partial charge in [0, 0.05) is 39.3 Å². The van der Waals surface area contributed by atoms with Crippen molar-refractivity contribution < 1.29 is 0 Å². The zero-order chi connectivity index (χ0) is 14.2. The number of piperidine rings is 1. The molecule has 0 aromatic heterocycles. The quantitative estimate of drug-likeness (QED) is 0.906. The van der Waals surface area contributed by atoms with Gasteiger partial charge in [0.05, 0.1) is 0 Å². The molecule has 1 aromatic rings. The minimum absolute atomic E-state index is 1.01. The standard InChI is InChI=1S/C18H27N3/c1-14-4-2-3-5-15(14)12-20-6-8-21(9-7-20)13-18-16-10-19-11-17(16)18/h2-5,16-19H,6-13H2,1H3/t16-,17+,18?. The summed E-state index contributed by atoms with van der Waals surface area (Å²) in [5.74, 6) is 3.03. The van der Waals surface area contributed by atoms with E-state index in [1.807, 2.05) is 0 Å². The summed E-state index contributed by atoms with van der Waals surface area (Å²) >= 11 is 0. The number of nitrogens with one attached hydrogen (secondary N) is 1. The van der Waals surface area contributed by atoms with E-state index >= 15 is 0 Å². The number of hydrogen-bond donors (Lipinski definition) is 1. The number of rotatable bonds is 4. The van der Waals surface area contributed by atoms with Gasteiger partial charge in [-0.15, -0.1) is 0 Å². The largest absolute Gasteiger partial charge is 0.316 e. The van der Waals surface area contributed by atoms with Gasteiger partial charge in [-0.3, -0.25) is 4.90 Å². The summed E-state index contributed by atoms with van der Waals surface area (Å²) in [4.78, 5) is 5.32. The molecule has 1 aliphatic carbocycles. The SMILES string of the molecule is Cc1ccccc1CN1CCN(CC2[C@H]3CNC[C@@H]23)CC1. The summed E-state index contributed by atoms with van der Waals surface area (Å²) in [5.41, 5.74) is 2.92. The molecule has 3 heteroatoms. The molecule has 3 fully saturated rings. The monoisotopic (exact) mass is 285 g/mol. The third-order valence-electron chi connectivity index (χ3n) is 5.86. The van der Waals surface area contributed by atoms with Crippen LogP contribution in [-0.4, -0.2) is 55.6 Å². The van der Waals surface area contributed by atoms with E-state index < -0.39 is 0 Å². The van der Waals surface area contributed by atoms with Crippen molar-refractivity contribution in [3.63, 3.8) is 0 Å². The van der Waals surface area contributed by atoms with Gasteiger partial charge in [-0.25, -0.2) is 0 Å². The van der Waals surface area contributed by atoms with E-state index in [2.05, 4.69) is 46.3 Å². The molecule has 0 radical (unpaired) electrons. The molecule has 2 saturated heterocycles. The van der Waals surface area contributed by atoms with E-state index in [4.69, 9.17) is 0 Å². The molecule has 3 nitrogen and oxygen atoms in total. The topological polar surface area (TPSA) is 18.5 Å². The molecule has 2 aliphatic heterocycles. The highest BCUT2D eigenvalue weighted by Gasteiger charge is 2.52. The normalized spacial score (nSPS) is 33.1. The van der Waals surface area contributed by atoms with Crippen molar-refractivity contribution in [1.29, 1.82) is 0 Å². The summed E-state index contributed by atoms with van der Waals surface area (Å²) < 4.78 is 0. The minimum Gasteiger partial charge on any atom is -0.316 e. The van der Waals surface area contributed by atoms with Gasteiger partial charge in [0.15, 0.2) is 0 Å². The number of benzene rings is 1. The van der Waals surface area contributed by atoms with Crippen LogP contribution in [0.3, 0.4) is 0 Å². The Balaban J connectivity index is 1.24. The Hall–Kier alpha value is -0.900. The molecule has 21 heavy (non-hydrogen) atoms. The molecule has 1 unspecified atom stereocenters. The Bertz CT molecular complexity index is 483. The van der Waals surface area contributed by atoms with Gasteiger partial charge in [0.25, 0.3) is 0 Å². The van der Waals surface area contributed by atoms with Crippen LogP contribution < -0.4 is 5.32 Å². The van der Waals surface area contributed by atoms with Crippen molar-refractivity contribution in [2.24, 2.45) is 17.8 Å². The Labute approximate surface area is 128 Å². The molecule has 114 valence electrons. The van der Waals surface area contributed by atoms with Gasteiger partial charge in [0.2, 0.25) is 0 Å². The van der Waals surface area contributed by atoms with E-state index in [0.717, 1.165) is 24.3 Å². The van der Waals surface area contributed by atoms with E-state index in [-0.39, 0.29) is 0 Å². The molecular weight excluding hydrogens is 258 g/mol. The summed E-state index contributed by atoms with van der Waals surface area (Å²) in [6.07, 6.45) is 0. The molecule has 4 rings (SSSR count). The van der Waals surface area contributed by atoms with Crippen LogP contribution in [0.25, 0.3) is 0 Å². The molecule has 2 heterocycles. The van der Waals surface area contributed by atoms with E-state index in [1.54, 1.807) is 0 Å². The fourth-order valence-electron chi connectivity index (χ4n) is 4.27. The zero-order valence-corrected chi connectivity index (χ0v) is 13.1. The van der Waals surface area contributed by atoms with E-state index in [1.165, 1.54) is 56.9 Å². The van der Waals surface area contributed by atoms with Crippen LogP contribution in [0.5, 0.6) is 0 Å². The first-order valence-corrected chi connectivity index (χ1v) is 8.51. The zero-order valence-electron chi connectivity index (χ0n) is 13.1. The lowest BCUT2D eigenvalue weighted by Gasteiger charge is -2.35. The highest BCUT2D eigenvalue weighted by atomic mass is 15.3. The summed E-state index contributed by atoms with van der Waals surface area (Å²) in [5, 5.41) is 3.50. The number of hydrogen-bond acceptors (Lipinski definition) is 3. The summed E-state index contributed by atoms with van der Waals surface area (Å²) in [6.45, 7) is 12.2. The van der Waals surface area contributed by atoms with Crippen molar-refractivity contribution in [2.75, 3.05) is 45.8 Å². The fraction of sp³-hybridized carbons (Fsp3) is 0.667. The van der Waals surface area contributed by atoms with E-state index in [9.17, 15) is 0 Å². The van der Waals surface area contributed by atoms with Gasteiger partial charge in [-0.05, 0) is 48.9 Å². The van der Waals surface area contributed by atoms with Gasteiger partial charge >= 0.3 is 0 Å². The second-order valence-electron chi connectivity index (χ2n) is 7.15. The molecular formula is C18H27N3. The molecule has 0 bridgehead atoms. The molecule has 0 amide bonds. The lowest BCUT2D eigenvalue weighted by molar-refractivity contribution is 0.120. The minimum atomic E-state index is 1.01. The number of piperazine rings is 1. The molecule has 3 aliphatic rings. The lowest BCUT2D eigenvalue weighted by atomic mass is 10.1. The number of aryl methyl sites for hydroxylation is 1. The van der Waals surface area contributed by atoms with Gasteiger partial charge in [0.1, 0.15) is 0 Å². The Morgan fingerprint density at radius 1 is 1.00 bits per heavy atom. The fourth-order valence-corrected chi connectivity index (χ4v) is 4.27. The average molecular weight is 285 g/mol. The lowest BCUT2D eigenvalue weighted by Crippen LogP contribution is -2.46. The Morgan fingerprint density at radius 3 is 2.38 bits per heavy atom. The highest BCUT2D eigenvalue weighted by Crippen LogP contribution is 2.48. The van der Waals surface area contributed by atoms with Crippen LogP contribution in [0.2, 0.25) is 0 Å². The number of nitrogens with zero attached hydrogens (tertiary/aromatic N) is 2. The Morgan fingerprint density at radius 2 is 1.67 bits per heavy atom. The van der Waals surface area contributed by atoms with Crippen LogP contribution in [0.15, 0.2) is 24.3 Å². The van der Waals surface area contributed by atoms with Crippen LogP contribution >= 0.6 is 0 Å². The van der Waals surface area contributed by atoms with Gasteiger partial charge < -0.3 is 10.2 Å². The van der Waals surface area contributed by atoms with Crippen LogP contribution in [0.1, 0.15) is 11.1 Å². The van der Waals surface area contributed by atoms with Crippen molar-refractivity contribution in [2.45, 2.75) is 13.5 Å². The van der Waals surface area contributed by atoms with Crippen molar-refractivity contribution >= 4 is 0 Å². The predicted molar refractivity (Wildman–Crippen MR) is 86.2 cm³/mol. The van der Waals surface area contributed by atoms with Crippen molar-refractivity contribution in [3.8, 4) is 0 Å². The van der Waals surface area contributed by atoms with Crippen molar-refractivity contribution in [3.05, 3.63) is 35.4 Å². The Kier molecular flexibility index (Phi) is 3.74. The summed E-state index contributed by atoms with van der Waals surface area (Å²) in [7, 11) is 0. The maximum atomic E-state index is 3.50. The molecule has 3 atom stereocenters. The third-order valence-corrected chi connectivity index (χ3v) is 5.86. The van der Waals surface area contributed by atoms with Crippen LogP contribution in [0.4, 0.5) is 0 Å². The van der Waals surface area contributed by atoms with E-state index in [0.29, 0.717) is 0 Å². The molecule has 0 spiro atoms. The maximum absolute atomic E-state index is 3.50. The highest BCUT2D eigenvalue weighted by molar-refractivity contribution is 5.25. The van der Waals surface area contributed by atoms with Crippen LogP contribution in [0, 0.1) is 24.7 Å². The third kappa shape index (κ3) is 2.87. The first kappa shape index (κ1) is 13.7. The maximum Gasteiger partial charge on any atom is 0.0237 e. The van der Waals surface area contributed by atoms with Gasteiger partial charge in [-0.1, -0.05) is 24.3 Å². The smallest absolute Gasteiger partial charge is 0.0237 e. The predicted octanol–water partition coefficient (Wildman–Crippen LogP) is 1.58. The first-order valence-electron chi connectivity index (χ1n) is 8.51. The number of fused-ring (bicyclic) bond motifs is 1. The summed E-state index contributed by atoms with van der Waals surface area (Å²) in [6, 6.07) is 8.81. The molecule has 1 saturated carbocycles. The van der Waals surface area contributed by atoms with Crippen LogP contribution in [-0.2, 0) is 6.54 Å². The van der Waals surface area contributed by atoms with Crippen molar-refractivity contribution in [1.82, 2.24) is 15.1 Å². The second-order valence-corrected chi connectivity index (χ2v) is 7.15. The average Bonchev–Trinajstić information content (AvgIpc) is 2.94. The van der Waals surface area contributed by atoms with Gasteiger partial charge in [-0.2, -0.15) is 0 Å². The second kappa shape index (κ2) is 5.71. The molecule has 1 N–H and O–H groups in total. The first-order chi connectivity index (χ1) is 10.3.